The Balaban J connectivity index is 2.85. The summed E-state index contributed by atoms with van der Waals surface area (Å²) < 4.78 is 37.9. The van der Waals surface area contributed by atoms with E-state index in [9.17, 15) is 23.1 Å². The number of aliphatic carboxylic acids is 1. The molecule has 0 spiro atoms. The van der Waals surface area contributed by atoms with Crippen LogP contribution in [-0.2, 0) is 4.79 Å². The van der Waals surface area contributed by atoms with Crippen molar-refractivity contribution in [3.8, 4) is 0 Å². The van der Waals surface area contributed by atoms with Gasteiger partial charge in [0.1, 0.15) is 0 Å². The third-order valence-corrected chi connectivity index (χ3v) is 3.76. The zero-order valence-corrected chi connectivity index (χ0v) is 11.4. The van der Waals surface area contributed by atoms with Crippen LogP contribution in [0.3, 0.4) is 0 Å². The van der Waals surface area contributed by atoms with Gasteiger partial charge in [-0.25, -0.2) is 0 Å². The highest BCUT2D eigenvalue weighted by atomic mass is 19.4. The van der Waals surface area contributed by atoms with Crippen LogP contribution >= 0.6 is 0 Å². The number of nitrogens with zero attached hydrogens (tertiary/aromatic N) is 1. The molecule has 1 fully saturated rings. The summed E-state index contributed by atoms with van der Waals surface area (Å²) in [4.78, 5) is 12.6. The number of rotatable bonds is 5. The van der Waals surface area contributed by atoms with Gasteiger partial charge >= 0.3 is 12.1 Å². The number of hydrogen-bond acceptors (Lipinski definition) is 2. The summed E-state index contributed by atoms with van der Waals surface area (Å²) in [7, 11) is 0. The topological polar surface area (TPSA) is 40.5 Å². The van der Waals surface area contributed by atoms with E-state index in [-0.39, 0.29) is 5.92 Å². The van der Waals surface area contributed by atoms with Gasteiger partial charge in [-0.05, 0) is 38.1 Å². The minimum atomic E-state index is -4.28. The summed E-state index contributed by atoms with van der Waals surface area (Å²) in [6.45, 7) is 3.07. The third-order valence-electron chi connectivity index (χ3n) is 3.76. The molecule has 1 rings (SSSR count). The summed E-state index contributed by atoms with van der Waals surface area (Å²) in [6.07, 6.45) is -1.90. The van der Waals surface area contributed by atoms with Gasteiger partial charge in [0.2, 0.25) is 0 Å². The molecule has 6 heteroatoms. The van der Waals surface area contributed by atoms with E-state index in [1.807, 2.05) is 13.8 Å². The molecule has 0 bridgehead atoms. The first kappa shape index (κ1) is 16.3. The van der Waals surface area contributed by atoms with Gasteiger partial charge in [0, 0.05) is 6.04 Å². The fourth-order valence-electron chi connectivity index (χ4n) is 2.92. The quantitative estimate of drug-likeness (QED) is 0.841. The summed E-state index contributed by atoms with van der Waals surface area (Å²) >= 11 is 0. The highest BCUT2D eigenvalue weighted by Crippen LogP contribution is 2.34. The molecule has 0 radical (unpaired) electrons. The molecule has 0 amide bonds. The van der Waals surface area contributed by atoms with Crippen LogP contribution in [0.5, 0.6) is 0 Å². The van der Waals surface area contributed by atoms with Crippen molar-refractivity contribution >= 4 is 5.97 Å². The monoisotopic (exact) mass is 281 g/mol. The molecule has 0 aromatic heterocycles. The van der Waals surface area contributed by atoms with Gasteiger partial charge in [0.25, 0.3) is 0 Å². The van der Waals surface area contributed by atoms with E-state index in [2.05, 4.69) is 0 Å². The largest absolute Gasteiger partial charge is 0.481 e. The Labute approximate surface area is 111 Å². The highest BCUT2D eigenvalue weighted by Gasteiger charge is 2.41. The Morgan fingerprint density at radius 1 is 1.37 bits per heavy atom. The van der Waals surface area contributed by atoms with Crippen molar-refractivity contribution < 1.29 is 23.1 Å². The normalized spacial score (nSPS) is 28.6. The predicted molar refractivity (Wildman–Crippen MR) is 65.8 cm³/mol. The molecule has 3 unspecified atom stereocenters. The van der Waals surface area contributed by atoms with Crippen molar-refractivity contribution in [2.45, 2.75) is 51.7 Å². The fraction of sp³-hybridized carbons (Fsp3) is 0.923. The molecule has 1 N–H and O–H groups in total. The van der Waals surface area contributed by atoms with Crippen LogP contribution in [0, 0.1) is 11.8 Å². The Bertz CT molecular complexity index is 307. The maximum Gasteiger partial charge on any atom is 0.401 e. The summed E-state index contributed by atoms with van der Waals surface area (Å²) in [5.41, 5.74) is 0. The minimum Gasteiger partial charge on any atom is -0.481 e. The van der Waals surface area contributed by atoms with Gasteiger partial charge in [-0.2, -0.15) is 13.2 Å². The molecule has 0 aromatic carbocycles. The lowest BCUT2D eigenvalue weighted by molar-refractivity contribution is -0.163. The molecule has 0 heterocycles. The molecule has 0 saturated heterocycles. The Hall–Kier alpha value is -0.780. The van der Waals surface area contributed by atoms with Crippen molar-refractivity contribution in [2.75, 3.05) is 13.1 Å². The molecule has 1 aliphatic carbocycles. The third kappa shape index (κ3) is 5.01. The number of alkyl halides is 3. The zero-order chi connectivity index (χ0) is 14.6. The van der Waals surface area contributed by atoms with E-state index in [4.69, 9.17) is 0 Å². The lowest BCUT2D eigenvalue weighted by Crippen LogP contribution is -2.50. The average Bonchev–Trinajstić information content (AvgIpc) is 2.26. The Morgan fingerprint density at radius 2 is 2.00 bits per heavy atom. The number of halogens is 3. The second kappa shape index (κ2) is 6.59. The molecule has 19 heavy (non-hydrogen) atoms. The molecule has 0 aromatic rings. The molecular formula is C13H22F3NO2. The predicted octanol–water partition coefficient (Wildman–Crippen LogP) is 3.15. The molecule has 112 valence electrons. The Morgan fingerprint density at radius 3 is 2.47 bits per heavy atom. The molecule has 3 nitrogen and oxygen atoms in total. The molecule has 3 atom stereocenters. The highest BCUT2D eigenvalue weighted by molar-refractivity contribution is 5.71. The summed E-state index contributed by atoms with van der Waals surface area (Å²) in [5, 5.41) is 9.20. The number of carboxylic acids is 1. The van der Waals surface area contributed by atoms with Crippen molar-refractivity contribution in [2.24, 2.45) is 11.8 Å². The van der Waals surface area contributed by atoms with E-state index in [1.54, 1.807) is 0 Å². The minimum absolute atomic E-state index is 0.285. The first-order valence-electron chi connectivity index (χ1n) is 6.78. The van der Waals surface area contributed by atoms with Gasteiger partial charge < -0.3 is 5.11 Å². The smallest absolute Gasteiger partial charge is 0.401 e. The SMILES string of the molecule is CCCN(CC(F)(F)F)C1CC(C)CCC1C(=O)O. The zero-order valence-electron chi connectivity index (χ0n) is 11.4. The van der Waals surface area contributed by atoms with E-state index in [1.165, 1.54) is 4.90 Å². The molecular weight excluding hydrogens is 259 g/mol. The standard InChI is InChI=1S/C13H22F3NO2/c1-3-6-17(8-13(14,15)16)11-7-9(2)4-5-10(11)12(18)19/h9-11H,3-8H2,1-2H3,(H,18,19). The Kier molecular flexibility index (Phi) is 5.64. The maximum absolute atomic E-state index is 12.6. The molecule has 0 aliphatic heterocycles. The van der Waals surface area contributed by atoms with E-state index >= 15 is 0 Å². The van der Waals surface area contributed by atoms with Gasteiger partial charge in [-0.3, -0.25) is 9.69 Å². The van der Waals surface area contributed by atoms with Crippen molar-refractivity contribution in [1.82, 2.24) is 4.90 Å². The fourth-order valence-corrected chi connectivity index (χ4v) is 2.92. The summed E-state index contributed by atoms with van der Waals surface area (Å²) in [6, 6.07) is -0.497. The lowest BCUT2D eigenvalue weighted by Gasteiger charge is -2.40. The van der Waals surface area contributed by atoms with Crippen LogP contribution < -0.4 is 0 Å². The van der Waals surface area contributed by atoms with Gasteiger partial charge in [-0.15, -0.1) is 0 Å². The van der Waals surface area contributed by atoms with E-state index < -0.39 is 30.7 Å². The van der Waals surface area contributed by atoms with Crippen molar-refractivity contribution in [1.29, 1.82) is 0 Å². The second-order valence-electron chi connectivity index (χ2n) is 5.52. The van der Waals surface area contributed by atoms with Crippen LogP contribution in [0.1, 0.15) is 39.5 Å². The molecule has 1 aliphatic rings. The van der Waals surface area contributed by atoms with E-state index in [0.717, 1.165) is 6.42 Å². The first-order chi connectivity index (χ1) is 8.74. The van der Waals surface area contributed by atoms with Crippen LogP contribution in [-0.4, -0.2) is 41.3 Å². The van der Waals surface area contributed by atoms with Crippen LogP contribution in [0.15, 0.2) is 0 Å². The first-order valence-corrected chi connectivity index (χ1v) is 6.78. The van der Waals surface area contributed by atoms with E-state index in [0.29, 0.717) is 25.8 Å². The average molecular weight is 281 g/mol. The number of hydrogen-bond donors (Lipinski definition) is 1. The van der Waals surface area contributed by atoms with Crippen LogP contribution in [0.25, 0.3) is 0 Å². The van der Waals surface area contributed by atoms with Crippen LogP contribution in [0.4, 0.5) is 13.2 Å². The maximum atomic E-state index is 12.6. The second-order valence-corrected chi connectivity index (χ2v) is 5.52. The number of carboxylic acid groups (broad SMARTS) is 1. The van der Waals surface area contributed by atoms with Crippen molar-refractivity contribution in [3.05, 3.63) is 0 Å². The van der Waals surface area contributed by atoms with Gasteiger partial charge in [0.15, 0.2) is 0 Å². The summed E-state index contributed by atoms with van der Waals surface area (Å²) in [5.74, 6) is -1.36. The van der Waals surface area contributed by atoms with Crippen LogP contribution in [0.2, 0.25) is 0 Å². The van der Waals surface area contributed by atoms with Gasteiger partial charge in [-0.1, -0.05) is 13.8 Å². The van der Waals surface area contributed by atoms with Gasteiger partial charge in [0.05, 0.1) is 12.5 Å². The number of carbonyl (C=O) groups is 1. The van der Waals surface area contributed by atoms with Crippen molar-refractivity contribution in [3.63, 3.8) is 0 Å². The lowest BCUT2D eigenvalue weighted by atomic mass is 9.78. The molecule has 1 saturated carbocycles.